The maximum absolute atomic E-state index is 11.9. The molecule has 0 spiro atoms. The van der Waals surface area contributed by atoms with E-state index in [9.17, 15) is 9.59 Å². The molecule has 0 saturated heterocycles. The van der Waals surface area contributed by atoms with Gasteiger partial charge < -0.3 is 4.74 Å². The Bertz CT molecular complexity index is 715. The van der Waals surface area contributed by atoms with Gasteiger partial charge in [0.1, 0.15) is 5.76 Å². The zero-order chi connectivity index (χ0) is 18.7. The van der Waals surface area contributed by atoms with Crippen molar-refractivity contribution in [2.75, 3.05) is 0 Å². The molecular formula is C23H32O3. The predicted molar refractivity (Wildman–Crippen MR) is 101 cm³/mol. The summed E-state index contributed by atoms with van der Waals surface area (Å²) in [7, 11) is 0. The van der Waals surface area contributed by atoms with E-state index in [0.29, 0.717) is 17.6 Å². The Morgan fingerprint density at radius 3 is 2.46 bits per heavy atom. The van der Waals surface area contributed by atoms with E-state index in [-0.39, 0.29) is 16.8 Å². The second-order valence-corrected chi connectivity index (χ2v) is 9.59. The highest BCUT2D eigenvalue weighted by Crippen LogP contribution is 2.66. The fourth-order valence-electron chi connectivity index (χ4n) is 7.23. The van der Waals surface area contributed by atoms with Crippen molar-refractivity contribution < 1.29 is 14.3 Å². The van der Waals surface area contributed by atoms with Gasteiger partial charge in [0.25, 0.3) is 0 Å². The first kappa shape index (κ1) is 18.0. The highest BCUT2D eigenvalue weighted by atomic mass is 16.5. The van der Waals surface area contributed by atoms with Crippen LogP contribution >= 0.6 is 0 Å². The molecule has 0 radical (unpaired) electrons. The minimum absolute atomic E-state index is 0.183. The summed E-state index contributed by atoms with van der Waals surface area (Å²) in [6.07, 6.45) is 10.8. The van der Waals surface area contributed by atoms with E-state index < -0.39 is 0 Å². The first-order valence-electron chi connectivity index (χ1n) is 10.4. The lowest BCUT2D eigenvalue weighted by Gasteiger charge is -2.57. The molecule has 5 atom stereocenters. The number of fused-ring (bicyclic) bond motifs is 5. The van der Waals surface area contributed by atoms with Crippen molar-refractivity contribution in [3.8, 4) is 0 Å². The Labute approximate surface area is 157 Å². The molecule has 142 valence electrons. The minimum atomic E-state index is -0.206. The molecule has 0 amide bonds. The maximum atomic E-state index is 11.9. The standard InChI is InChI=1S/C23H32O3/c1-14(26-15(2)24)19-7-8-20-18-6-5-16-13-17(25)9-11-22(16,3)21(18)10-12-23(19,20)4/h13,18,20-21H,5-12H2,1-4H3/t18-,20-,21-,22-,23+/m0/s1. The Balaban J connectivity index is 1.65. The Morgan fingerprint density at radius 2 is 1.73 bits per heavy atom. The molecule has 0 aliphatic heterocycles. The van der Waals surface area contributed by atoms with E-state index >= 15 is 0 Å². The van der Waals surface area contributed by atoms with Crippen LogP contribution in [0.25, 0.3) is 0 Å². The number of rotatable bonds is 1. The van der Waals surface area contributed by atoms with Gasteiger partial charge in [-0.05, 0) is 92.1 Å². The number of ketones is 1. The normalized spacial score (nSPS) is 43.8. The summed E-state index contributed by atoms with van der Waals surface area (Å²) in [6.45, 7) is 8.32. The molecule has 0 N–H and O–H groups in total. The summed E-state index contributed by atoms with van der Waals surface area (Å²) >= 11 is 0. The lowest BCUT2D eigenvalue weighted by molar-refractivity contribution is -0.137. The van der Waals surface area contributed by atoms with Crippen molar-refractivity contribution in [3.05, 3.63) is 23.0 Å². The van der Waals surface area contributed by atoms with Crippen molar-refractivity contribution in [1.82, 2.24) is 0 Å². The fraction of sp³-hybridized carbons (Fsp3) is 0.739. The molecule has 3 nitrogen and oxygen atoms in total. The van der Waals surface area contributed by atoms with Crippen LogP contribution in [-0.4, -0.2) is 11.8 Å². The van der Waals surface area contributed by atoms with E-state index in [1.165, 1.54) is 43.8 Å². The van der Waals surface area contributed by atoms with Crippen molar-refractivity contribution in [3.63, 3.8) is 0 Å². The third-order valence-electron chi connectivity index (χ3n) is 8.47. The molecule has 4 rings (SSSR count). The largest absolute Gasteiger partial charge is 0.432 e. The Kier molecular flexibility index (Phi) is 4.20. The van der Waals surface area contributed by atoms with Crippen molar-refractivity contribution in [1.29, 1.82) is 0 Å². The van der Waals surface area contributed by atoms with Crippen LogP contribution in [0.4, 0.5) is 0 Å². The van der Waals surface area contributed by atoms with Gasteiger partial charge in [-0.15, -0.1) is 0 Å². The second kappa shape index (κ2) is 6.07. The zero-order valence-electron chi connectivity index (χ0n) is 16.7. The van der Waals surface area contributed by atoms with Crippen molar-refractivity contribution in [2.24, 2.45) is 28.6 Å². The lowest BCUT2D eigenvalue weighted by atomic mass is 9.47. The van der Waals surface area contributed by atoms with Gasteiger partial charge in [0.05, 0.1) is 0 Å². The van der Waals surface area contributed by atoms with Crippen LogP contribution in [0.3, 0.4) is 0 Å². The first-order valence-corrected chi connectivity index (χ1v) is 10.4. The maximum Gasteiger partial charge on any atom is 0.307 e. The SMILES string of the molecule is CC(=O)OC(C)=C1CC[C@H]2[C@@H]3CCC4=CC(=O)CC[C@]4(C)[C@H]3CC[C@]12C. The molecule has 0 heterocycles. The number of ether oxygens (including phenoxy) is 1. The number of carbonyl (C=O) groups is 2. The van der Waals surface area contributed by atoms with Gasteiger partial charge in [-0.1, -0.05) is 19.4 Å². The Morgan fingerprint density at radius 1 is 1.00 bits per heavy atom. The number of hydrogen-bond acceptors (Lipinski definition) is 3. The fourth-order valence-corrected chi connectivity index (χ4v) is 7.23. The molecule has 3 saturated carbocycles. The van der Waals surface area contributed by atoms with E-state index in [0.717, 1.165) is 37.4 Å². The average Bonchev–Trinajstić information content (AvgIpc) is 2.92. The van der Waals surface area contributed by atoms with Crippen molar-refractivity contribution in [2.45, 2.75) is 79.1 Å². The molecule has 0 aromatic carbocycles. The first-order chi connectivity index (χ1) is 12.3. The highest BCUT2D eigenvalue weighted by Gasteiger charge is 2.58. The van der Waals surface area contributed by atoms with Crippen LogP contribution in [0.2, 0.25) is 0 Å². The molecule has 4 aliphatic rings. The highest BCUT2D eigenvalue weighted by molar-refractivity contribution is 5.91. The minimum Gasteiger partial charge on any atom is -0.432 e. The Hall–Kier alpha value is -1.38. The van der Waals surface area contributed by atoms with Gasteiger partial charge >= 0.3 is 5.97 Å². The third kappa shape index (κ3) is 2.53. The third-order valence-corrected chi connectivity index (χ3v) is 8.47. The summed E-state index contributed by atoms with van der Waals surface area (Å²) in [4.78, 5) is 23.4. The van der Waals surface area contributed by atoms with E-state index in [4.69, 9.17) is 4.74 Å². The average molecular weight is 357 g/mol. The van der Waals surface area contributed by atoms with E-state index in [2.05, 4.69) is 13.8 Å². The summed E-state index contributed by atoms with van der Waals surface area (Å²) in [5, 5.41) is 0. The van der Waals surface area contributed by atoms with E-state index in [1.807, 2.05) is 13.0 Å². The summed E-state index contributed by atoms with van der Waals surface area (Å²) in [6, 6.07) is 0. The van der Waals surface area contributed by atoms with Crippen LogP contribution in [0.15, 0.2) is 23.0 Å². The van der Waals surface area contributed by atoms with Crippen molar-refractivity contribution >= 4 is 11.8 Å². The van der Waals surface area contributed by atoms with Crippen LogP contribution in [-0.2, 0) is 14.3 Å². The van der Waals surface area contributed by atoms with Gasteiger partial charge in [0.15, 0.2) is 5.78 Å². The molecule has 0 bridgehead atoms. The van der Waals surface area contributed by atoms with Gasteiger partial charge in [-0.25, -0.2) is 0 Å². The zero-order valence-corrected chi connectivity index (χ0v) is 16.7. The number of carbonyl (C=O) groups excluding carboxylic acids is 2. The summed E-state index contributed by atoms with van der Waals surface area (Å²) < 4.78 is 5.50. The molecule has 26 heavy (non-hydrogen) atoms. The molecule has 3 fully saturated rings. The summed E-state index contributed by atoms with van der Waals surface area (Å²) in [5.41, 5.74) is 3.24. The topological polar surface area (TPSA) is 43.4 Å². The predicted octanol–water partition coefficient (Wildman–Crippen LogP) is 5.36. The molecular weight excluding hydrogens is 324 g/mol. The number of hydrogen-bond donors (Lipinski definition) is 0. The number of esters is 1. The molecule has 0 aromatic heterocycles. The number of allylic oxidation sites excluding steroid dienone is 3. The molecule has 0 aromatic rings. The van der Waals surface area contributed by atoms with Crippen LogP contribution in [0.5, 0.6) is 0 Å². The molecule has 3 heteroatoms. The monoisotopic (exact) mass is 356 g/mol. The lowest BCUT2D eigenvalue weighted by Crippen LogP contribution is -2.49. The van der Waals surface area contributed by atoms with E-state index in [1.54, 1.807) is 0 Å². The quantitative estimate of drug-likeness (QED) is 0.469. The second-order valence-electron chi connectivity index (χ2n) is 9.59. The molecule has 4 aliphatic carbocycles. The van der Waals surface area contributed by atoms with Crippen LogP contribution in [0, 0.1) is 28.6 Å². The summed E-state index contributed by atoms with van der Waals surface area (Å²) in [5.74, 6) is 3.13. The van der Waals surface area contributed by atoms with Gasteiger partial charge in [-0.3, -0.25) is 9.59 Å². The van der Waals surface area contributed by atoms with Gasteiger partial charge in [0.2, 0.25) is 0 Å². The van der Waals surface area contributed by atoms with Gasteiger partial charge in [-0.2, -0.15) is 0 Å². The van der Waals surface area contributed by atoms with Gasteiger partial charge in [0, 0.05) is 13.3 Å². The molecule has 0 unspecified atom stereocenters. The van der Waals surface area contributed by atoms with Crippen LogP contribution < -0.4 is 0 Å². The van der Waals surface area contributed by atoms with Crippen LogP contribution in [0.1, 0.15) is 79.1 Å². The smallest absolute Gasteiger partial charge is 0.307 e.